The zero-order valence-electron chi connectivity index (χ0n) is 13.0. The number of halogens is 4. The Bertz CT molecular complexity index is 905. The molecule has 3 aromatic rings. The number of rotatable bonds is 5. The Morgan fingerprint density at radius 3 is 1.58 bits per heavy atom. The highest BCUT2D eigenvalue weighted by Crippen LogP contribution is 2.35. The van der Waals surface area contributed by atoms with E-state index >= 15 is 0 Å². The third-order valence-corrected chi connectivity index (χ3v) is 3.84. The SMILES string of the molecule is O=Cc1c(Oc2ccc(Cl)cc2F)cccc1Oc1ccc(Cl)cc1F. The molecule has 0 fully saturated rings. The van der Waals surface area contributed by atoms with Crippen LogP contribution in [-0.4, -0.2) is 6.29 Å². The Kier molecular flexibility index (Phi) is 5.40. The molecule has 132 valence electrons. The van der Waals surface area contributed by atoms with Gasteiger partial charge in [-0.25, -0.2) is 8.78 Å². The standard InChI is InChI=1S/C19H10Cl2F2O3/c20-11-4-6-18(14(22)8-11)25-16-2-1-3-17(13(16)10-24)26-19-7-5-12(21)9-15(19)23/h1-10H. The molecular formula is C19H10Cl2F2O3. The molecule has 0 N–H and O–H groups in total. The minimum Gasteiger partial charge on any atom is -0.453 e. The molecule has 0 bridgehead atoms. The van der Waals surface area contributed by atoms with Gasteiger partial charge >= 0.3 is 0 Å². The van der Waals surface area contributed by atoms with Crippen molar-refractivity contribution in [3.05, 3.63) is 81.8 Å². The second-order valence-corrected chi connectivity index (χ2v) is 6.01. The van der Waals surface area contributed by atoms with Crippen LogP contribution in [0.2, 0.25) is 10.0 Å². The first-order chi connectivity index (χ1) is 12.5. The second-order valence-electron chi connectivity index (χ2n) is 5.14. The van der Waals surface area contributed by atoms with E-state index in [1.54, 1.807) is 0 Å². The summed E-state index contributed by atoms with van der Waals surface area (Å²) in [5.74, 6) is -1.52. The van der Waals surface area contributed by atoms with Crippen molar-refractivity contribution in [1.82, 2.24) is 0 Å². The van der Waals surface area contributed by atoms with Crippen LogP contribution >= 0.6 is 23.2 Å². The number of carbonyl (C=O) groups is 1. The van der Waals surface area contributed by atoms with Gasteiger partial charge in [-0.2, -0.15) is 0 Å². The van der Waals surface area contributed by atoms with Gasteiger partial charge in [0, 0.05) is 10.0 Å². The molecule has 3 nitrogen and oxygen atoms in total. The third-order valence-electron chi connectivity index (χ3n) is 3.37. The average Bonchev–Trinajstić information content (AvgIpc) is 2.60. The summed E-state index contributed by atoms with van der Waals surface area (Å²) in [5.41, 5.74) is -0.00352. The quantitative estimate of drug-likeness (QED) is 0.453. The van der Waals surface area contributed by atoms with Crippen LogP contribution in [0.5, 0.6) is 23.0 Å². The van der Waals surface area contributed by atoms with E-state index in [0.29, 0.717) is 6.29 Å². The molecule has 26 heavy (non-hydrogen) atoms. The molecule has 3 rings (SSSR count). The number of ether oxygens (including phenoxy) is 2. The van der Waals surface area contributed by atoms with Crippen LogP contribution in [0, 0.1) is 11.6 Å². The maximum absolute atomic E-state index is 13.9. The fraction of sp³-hybridized carbons (Fsp3) is 0. The van der Waals surface area contributed by atoms with Gasteiger partial charge in [0.15, 0.2) is 29.4 Å². The van der Waals surface area contributed by atoms with Crippen molar-refractivity contribution in [3.63, 3.8) is 0 Å². The largest absolute Gasteiger partial charge is 0.453 e. The normalized spacial score (nSPS) is 10.5. The summed E-state index contributed by atoms with van der Waals surface area (Å²) in [6.45, 7) is 0. The minimum atomic E-state index is -0.690. The first-order valence-corrected chi connectivity index (χ1v) is 8.07. The van der Waals surface area contributed by atoms with E-state index in [2.05, 4.69) is 0 Å². The van der Waals surface area contributed by atoms with Crippen LogP contribution in [0.3, 0.4) is 0 Å². The van der Waals surface area contributed by atoms with Crippen molar-refractivity contribution in [2.24, 2.45) is 0 Å². The maximum atomic E-state index is 13.9. The van der Waals surface area contributed by atoms with Gasteiger partial charge in [0.2, 0.25) is 0 Å². The molecule has 0 aliphatic carbocycles. The van der Waals surface area contributed by atoms with E-state index in [9.17, 15) is 13.6 Å². The van der Waals surface area contributed by atoms with E-state index < -0.39 is 11.6 Å². The van der Waals surface area contributed by atoms with Crippen molar-refractivity contribution >= 4 is 29.5 Å². The van der Waals surface area contributed by atoms with Crippen LogP contribution < -0.4 is 9.47 Å². The molecule has 0 aromatic heterocycles. The highest BCUT2D eigenvalue weighted by atomic mass is 35.5. The lowest BCUT2D eigenvalue weighted by Gasteiger charge is -2.13. The molecule has 0 heterocycles. The molecule has 0 aliphatic heterocycles. The first kappa shape index (κ1) is 18.2. The van der Waals surface area contributed by atoms with E-state index in [4.69, 9.17) is 32.7 Å². The van der Waals surface area contributed by atoms with Crippen molar-refractivity contribution < 1.29 is 23.0 Å². The molecule has 0 saturated heterocycles. The van der Waals surface area contributed by atoms with Crippen LogP contribution in [0.4, 0.5) is 8.78 Å². The average molecular weight is 395 g/mol. The molecule has 0 radical (unpaired) electrons. The van der Waals surface area contributed by atoms with Gasteiger partial charge in [0.05, 0.1) is 5.56 Å². The van der Waals surface area contributed by atoms with Gasteiger partial charge in [-0.05, 0) is 48.5 Å². The molecule has 0 spiro atoms. The zero-order valence-corrected chi connectivity index (χ0v) is 14.5. The number of hydrogen-bond donors (Lipinski definition) is 0. The van der Waals surface area contributed by atoms with Gasteiger partial charge in [0.1, 0.15) is 11.5 Å². The van der Waals surface area contributed by atoms with E-state index in [1.807, 2.05) is 0 Å². The second kappa shape index (κ2) is 7.72. The summed E-state index contributed by atoms with van der Waals surface area (Å²) in [4.78, 5) is 11.5. The summed E-state index contributed by atoms with van der Waals surface area (Å²) >= 11 is 11.4. The number of benzene rings is 3. The Labute approximate surface area is 157 Å². The smallest absolute Gasteiger partial charge is 0.167 e. The summed E-state index contributed by atoms with van der Waals surface area (Å²) in [5, 5.41) is 0.418. The van der Waals surface area contributed by atoms with E-state index in [1.165, 1.54) is 42.5 Å². The zero-order chi connectivity index (χ0) is 18.7. The van der Waals surface area contributed by atoms with Crippen molar-refractivity contribution in [3.8, 4) is 23.0 Å². The summed E-state index contributed by atoms with van der Waals surface area (Å²) in [6, 6.07) is 12.2. The fourth-order valence-corrected chi connectivity index (χ4v) is 2.49. The third kappa shape index (κ3) is 3.95. The van der Waals surface area contributed by atoms with Crippen molar-refractivity contribution in [2.75, 3.05) is 0 Å². The Hall–Kier alpha value is -2.63. The predicted octanol–water partition coefficient (Wildman–Crippen LogP) is 6.67. The monoisotopic (exact) mass is 394 g/mol. The van der Waals surface area contributed by atoms with Gasteiger partial charge in [0.25, 0.3) is 0 Å². The van der Waals surface area contributed by atoms with Gasteiger partial charge in [-0.15, -0.1) is 0 Å². The lowest BCUT2D eigenvalue weighted by molar-refractivity contribution is 0.111. The summed E-state index contributed by atoms with van der Waals surface area (Å²) < 4.78 is 38.7. The van der Waals surface area contributed by atoms with Crippen molar-refractivity contribution in [1.29, 1.82) is 0 Å². The predicted molar refractivity (Wildman–Crippen MR) is 94.8 cm³/mol. The molecule has 0 unspecified atom stereocenters. The maximum Gasteiger partial charge on any atom is 0.167 e. The molecule has 7 heteroatoms. The van der Waals surface area contributed by atoms with Gasteiger partial charge in [-0.1, -0.05) is 29.3 Å². The number of aldehydes is 1. The lowest BCUT2D eigenvalue weighted by Crippen LogP contribution is -1.97. The van der Waals surface area contributed by atoms with Gasteiger partial charge in [-0.3, -0.25) is 4.79 Å². The Morgan fingerprint density at radius 1 is 0.731 bits per heavy atom. The Morgan fingerprint density at radius 2 is 1.19 bits per heavy atom. The van der Waals surface area contributed by atoms with E-state index in [-0.39, 0.29) is 38.6 Å². The highest BCUT2D eigenvalue weighted by molar-refractivity contribution is 6.30. The van der Waals surface area contributed by atoms with Crippen LogP contribution in [0.15, 0.2) is 54.6 Å². The van der Waals surface area contributed by atoms with Crippen LogP contribution in [0.1, 0.15) is 10.4 Å². The molecule has 3 aromatic carbocycles. The number of hydrogen-bond acceptors (Lipinski definition) is 3. The Balaban J connectivity index is 1.95. The van der Waals surface area contributed by atoms with Crippen molar-refractivity contribution in [2.45, 2.75) is 0 Å². The fourth-order valence-electron chi connectivity index (χ4n) is 2.17. The molecular weight excluding hydrogens is 385 g/mol. The summed E-state index contributed by atoms with van der Waals surface area (Å²) in [6.07, 6.45) is 0.478. The molecule has 0 aliphatic rings. The molecule has 0 saturated carbocycles. The first-order valence-electron chi connectivity index (χ1n) is 7.32. The highest BCUT2D eigenvalue weighted by Gasteiger charge is 2.15. The lowest BCUT2D eigenvalue weighted by atomic mass is 10.2. The summed E-state index contributed by atoms with van der Waals surface area (Å²) in [7, 11) is 0. The van der Waals surface area contributed by atoms with E-state index in [0.717, 1.165) is 12.1 Å². The molecule has 0 amide bonds. The van der Waals surface area contributed by atoms with Crippen LogP contribution in [-0.2, 0) is 0 Å². The van der Waals surface area contributed by atoms with Crippen LogP contribution in [0.25, 0.3) is 0 Å². The van der Waals surface area contributed by atoms with Gasteiger partial charge < -0.3 is 9.47 Å². The number of carbonyl (C=O) groups excluding carboxylic acids is 1. The minimum absolute atomic E-state index is 0.00352. The molecule has 0 atom stereocenters. The topological polar surface area (TPSA) is 35.5 Å².